The molecule has 0 atom stereocenters. The van der Waals surface area contributed by atoms with Crippen molar-refractivity contribution in [2.24, 2.45) is 0 Å². The molecule has 1 aromatic heterocycles. The normalized spacial score (nSPS) is 10.7. The molecule has 0 unspecified atom stereocenters. The SMILES string of the molecule is CC(C)Oc1cc(N(C)CCCCCBr)ncn1. The lowest BCUT2D eigenvalue weighted by atomic mass is 10.2. The van der Waals surface area contributed by atoms with Gasteiger partial charge >= 0.3 is 0 Å². The first-order chi connectivity index (χ1) is 8.63. The first-order valence-corrected chi connectivity index (χ1v) is 7.51. The molecule has 1 rings (SSSR count). The standard InChI is InChI=1S/C13H22BrN3O/c1-11(2)18-13-9-12(15-10-16-13)17(3)8-6-4-5-7-14/h9-11H,4-8H2,1-3H3. The second-order valence-electron chi connectivity index (χ2n) is 4.55. The van der Waals surface area contributed by atoms with Crippen molar-refractivity contribution in [1.29, 1.82) is 0 Å². The van der Waals surface area contributed by atoms with Crippen molar-refractivity contribution in [3.05, 3.63) is 12.4 Å². The Kier molecular flexibility index (Phi) is 7.01. The summed E-state index contributed by atoms with van der Waals surface area (Å²) in [4.78, 5) is 10.5. The van der Waals surface area contributed by atoms with Gasteiger partial charge in [0.25, 0.3) is 0 Å². The van der Waals surface area contributed by atoms with E-state index in [1.165, 1.54) is 19.3 Å². The zero-order valence-electron chi connectivity index (χ0n) is 11.4. The van der Waals surface area contributed by atoms with Crippen molar-refractivity contribution < 1.29 is 4.74 Å². The van der Waals surface area contributed by atoms with E-state index >= 15 is 0 Å². The number of hydrogen-bond donors (Lipinski definition) is 0. The number of nitrogens with zero attached hydrogens (tertiary/aromatic N) is 3. The lowest BCUT2D eigenvalue weighted by Gasteiger charge is -2.18. The van der Waals surface area contributed by atoms with Crippen LogP contribution < -0.4 is 9.64 Å². The number of halogens is 1. The van der Waals surface area contributed by atoms with Gasteiger partial charge in [0.2, 0.25) is 5.88 Å². The predicted octanol–water partition coefficient (Wildman–Crippen LogP) is 3.27. The van der Waals surface area contributed by atoms with Crippen molar-refractivity contribution in [2.75, 3.05) is 23.8 Å². The molecule has 1 heterocycles. The number of ether oxygens (including phenoxy) is 1. The van der Waals surface area contributed by atoms with E-state index in [9.17, 15) is 0 Å². The van der Waals surface area contributed by atoms with E-state index in [4.69, 9.17) is 4.74 Å². The maximum Gasteiger partial charge on any atom is 0.218 e. The molecule has 0 bridgehead atoms. The Morgan fingerprint density at radius 1 is 1.28 bits per heavy atom. The van der Waals surface area contributed by atoms with Gasteiger partial charge in [-0.1, -0.05) is 22.4 Å². The number of rotatable bonds is 8. The van der Waals surface area contributed by atoms with Crippen LogP contribution in [0.2, 0.25) is 0 Å². The minimum absolute atomic E-state index is 0.136. The van der Waals surface area contributed by atoms with E-state index in [0.717, 1.165) is 17.7 Å². The van der Waals surface area contributed by atoms with Gasteiger partial charge < -0.3 is 9.64 Å². The Labute approximate surface area is 118 Å². The van der Waals surface area contributed by atoms with Crippen LogP contribution in [0.4, 0.5) is 5.82 Å². The highest BCUT2D eigenvalue weighted by atomic mass is 79.9. The van der Waals surface area contributed by atoms with Crippen LogP contribution in [0.5, 0.6) is 5.88 Å². The average molecular weight is 316 g/mol. The van der Waals surface area contributed by atoms with Gasteiger partial charge in [-0.3, -0.25) is 0 Å². The minimum atomic E-state index is 0.136. The molecule has 0 fully saturated rings. The smallest absolute Gasteiger partial charge is 0.218 e. The van der Waals surface area contributed by atoms with Gasteiger partial charge in [-0.25, -0.2) is 9.97 Å². The van der Waals surface area contributed by atoms with E-state index in [1.807, 2.05) is 19.9 Å². The molecule has 0 saturated heterocycles. The fourth-order valence-electron chi connectivity index (χ4n) is 1.58. The quantitative estimate of drug-likeness (QED) is 0.545. The van der Waals surface area contributed by atoms with Crippen LogP contribution in [0.1, 0.15) is 33.1 Å². The van der Waals surface area contributed by atoms with E-state index in [2.05, 4.69) is 37.8 Å². The third-order valence-corrected chi connectivity index (χ3v) is 3.06. The molecule has 4 nitrogen and oxygen atoms in total. The number of anilines is 1. The third kappa shape index (κ3) is 5.67. The molecule has 0 aliphatic heterocycles. The second kappa shape index (κ2) is 8.29. The fraction of sp³-hybridized carbons (Fsp3) is 0.692. The minimum Gasteiger partial charge on any atom is -0.475 e. The Hall–Kier alpha value is -0.840. The summed E-state index contributed by atoms with van der Waals surface area (Å²) in [5.74, 6) is 1.56. The number of aromatic nitrogens is 2. The molecular formula is C13H22BrN3O. The Balaban J connectivity index is 2.48. The predicted molar refractivity (Wildman–Crippen MR) is 78.7 cm³/mol. The highest BCUT2D eigenvalue weighted by Crippen LogP contribution is 2.16. The number of unbranched alkanes of at least 4 members (excludes halogenated alkanes) is 2. The highest BCUT2D eigenvalue weighted by Gasteiger charge is 2.06. The lowest BCUT2D eigenvalue weighted by Crippen LogP contribution is -2.20. The topological polar surface area (TPSA) is 38.2 Å². The Morgan fingerprint density at radius 2 is 2.06 bits per heavy atom. The molecule has 102 valence electrons. The first-order valence-electron chi connectivity index (χ1n) is 6.39. The maximum atomic E-state index is 5.56. The molecule has 0 aliphatic rings. The molecule has 0 N–H and O–H groups in total. The Bertz CT molecular complexity index is 347. The molecule has 0 aliphatic carbocycles. The summed E-state index contributed by atoms with van der Waals surface area (Å²) >= 11 is 3.44. The van der Waals surface area contributed by atoms with Crippen LogP contribution in [0.3, 0.4) is 0 Å². The summed E-state index contributed by atoms with van der Waals surface area (Å²) in [6.45, 7) is 4.99. The van der Waals surface area contributed by atoms with Gasteiger partial charge in [0.15, 0.2) is 0 Å². The van der Waals surface area contributed by atoms with Gasteiger partial charge in [0, 0.05) is 25.0 Å². The molecule has 1 aromatic rings. The number of hydrogen-bond acceptors (Lipinski definition) is 4. The monoisotopic (exact) mass is 315 g/mol. The van der Waals surface area contributed by atoms with Crippen molar-refractivity contribution in [3.63, 3.8) is 0 Å². The van der Waals surface area contributed by atoms with E-state index < -0.39 is 0 Å². The first kappa shape index (κ1) is 15.2. The Morgan fingerprint density at radius 3 is 2.72 bits per heavy atom. The maximum absolute atomic E-state index is 5.56. The molecular weight excluding hydrogens is 294 g/mol. The lowest BCUT2D eigenvalue weighted by molar-refractivity contribution is 0.232. The van der Waals surface area contributed by atoms with Crippen LogP contribution in [0.15, 0.2) is 12.4 Å². The van der Waals surface area contributed by atoms with Crippen LogP contribution in [0.25, 0.3) is 0 Å². The molecule has 0 spiro atoms. The molecule has 18 heavy (non-hydrogen) atoms. The fourth-order valence-corrected chi connectivity index (χ4v) is 1.98. The third-order valence-electron chi connectivity index (χ3n) is 2.50. The van der Waals surface area contributed by atoms with Crippen molar-refractivity contribution in [2.45, 2.75) is 39.2 Å². The second-order valence-corrected chi connectivity index (χ2v) is 5.35. The van der Waals surface area contributed by atoms with Crippen molar-refractivity contribution >= 4 is 21.7 Å². The largest absolute Gasteiger partial charge is 0.475 e. The zero-order valence-corrected chi connectivity index (χ0v) is 13.0. The van der Waals surface area contributed by atoms with Gasteiger partial charge in [0.05, 0.1) is 6.10 Å². The van der Waals surface area contributed by atoms with Crippen LogP contribution in [-0.4, -0.2) is 35.0 Å². The van der Waals surface area contributed by atoms with Gasteiger partial charge in [-0.05, 0) is 26.7 Å². The van der Waals surface area contributed by atoms with Crippen LogP contribution >= 0.6 is 15.9 Å². The summed E-state index contributed by atoms with van der Waals surface area (Å²) in [5, 5.41) is 1.08. The van der Waals surface area contributed by atoms with Crippen LogP contribution in [0, 0.1) is 0 Å². The van der Waals surface area contributed by atoms with E-state index in [0.29, 0.717) is 5.88 Å². The summed E-state index contributed by atoms with van der Waals surface area (Å²) < 4.78 is 5.56. The summed E-state index contributed by atoms with van der Waals surface area (Å²) in [5.41, 5.74) is 0. The van der Waals surface area contributed by atoms with E-state index in [1.54, 1.807) is 6.33 Å². The molecule has 5 heteroatoms. The summed E-state index contributed by atoms with van der Waals surface area (Å²) in [6, 6.07) is 1.89. The van der Waals surface area contributed by atoms with Gasteiger partial charge in [0.1, 0.15) is 12.1 Å². The molecule has 0 amide bonds. The average Bonchev–Trinajstić information content (AvgIpc) is 2.34. The highest BCUT2D eigenvalue weighted by molar-refractivity contribution is 9.09. The zero-order chi connectivity index (χ0) is 13.4. The number of alkyl halides is 1. The molecule has 0 aromatic carbocycles. The van der Waals surface area contributed by atoms with Gasteiger partial charge in [-0.2, -0.15) is 0 Å². The van der Waals surface area contributed by atoms with Crippen molar-refractivity contribution in [1.82, 2.24) is 9.97 Å². The summed E-state index contributed by atoms with van der Waals surface area (Å²) in [7, 11) is 2.05. The molecule has 0 radical (unpaired) electrons. The summed E-state index contributed by atoms with van der Waals surface area (Å²) in [6.07, 6.45) is 5.32. The van der Waals surface area contributed by atoms with Crippen molar-refractivity contribution in [3.8, 4) is 5.88 Å². The van der Waals surface area contributed by atoms with E-state index in [-0.39, 0.29) is 6.10 Å². The molecule has 0 saturated carbocycles. The van der Waals surface area contributed by atoms with Crippen LogP contribution in [-0.2, 0) is 0 Å². The van der Waals surface area contributed by atoms with Gasteiger partial charge in [-0.15, -0.1) is 0 Å².